The summed E-state index contributed by atoms with van der Waals surface area (Å²) in [5, 5.41) is 0. The zero-order valence-corrected chi connectivity index (χ0v) is 15.5. The van der Waals surface area contributed by atoms with Crippen LogP contribution in [0.15, 0.2) is 42.5 Å². The summed E-state index contributed by atoms with van der Waals surface area (Å²) in [7, 11) is 0. The quantitative estimate of drug-likeness (QED) is 0.713. The van der Waals surface area contributed by atoms with Gasteiger partial charge in [-0.1, -0.05) is 0 Å². The van der Waals surface area contributed by atoms with Crippen molar-refractivity contribution in [2.45, 2.75) is 32.1 Å². The molecule has 27 heavy (non-hydrogen) atoms. The molecule has 1 fully saturated rings. The molecule has 1 saturated heterocycles. The molecule has 2 aromatic carbocycles. The summed E-state index contributed by atoms with van der Waals surface area (Å²) < 4.78 is 19.2. The topological polar surface area (TPSA) is 32.8 Å². The van der Waals surface area contributed by atoms with Crippen molar-refractivity contribution in [3.63, 3.8) is 0 Å². The number of amides is 1. The van der Waals surface area contributed by atoms with Crippen molar-refractivity contribution < 1.29 is 13.9 Å². The average molecular weight is 368 g/mol. The Morgan fingerprint density at radius 1 is 1.00 bits per heavy atom. The zero-order chi connectivity index (χ0) is 18.6. The molecule has 2 aliphatic rings. The van der Waals surface area contributed by atoms with Crippen LogP contribution in [0.3, 0.4) is 0 Å². The molecular weight excluding hydrogens is 343 g/mol. The molecule has 0 aromatic heterocycles. The van der Waals surface area contributed by atoms with E-state index in [-0.39, 0.29) is 11.7 Å². The summed E-state index contributed by atoms with van der Waals surface area (Å²) in [5.41, 5.74) is 2.65. The van der Waals surface area contributed by atoms with Crippen LogP contribution in [-0.2, 0) is 11.2 Å². The van der Waals surface area contributed by atoms with Gasteiger partial charge >= 0.3 is 0 Å². The lowest BCUT2D eigenvalue weighted by molar-refractivity contribution is -0.118. The number of benzene rings is 2. The lowest BCUT2D eigenvalue weighted by Gasteiger charge is -2.30. The van der Waals surface area contributed by atoms with Crippen LogP contribution >= 0.6 is 0 Å². The van der Waals surface area contributed by atoms with Crippen molar-refractivity contribution in [2.24, 2.45) is 0 Å². The highest BCUT2D eigenvalue weighted by Gasteiger charge is 2.26. The first-order chi connectivity index (χ1) is 13.2. The van der Waals surface area contributed by atoms with Crippen LogP contribution in [0.25, 0.3) is 0 Å². The van der Waals surface area contributed by atoms with Gasteiger partial charge in [-0.2, -0.15) is 0 Å². The summed E-state index contributed by atoms with van der Waals surface area (Å²) >= 11 is 0. The number of carbonyl (C=O) groups is 1. The Morgan fingerprint density at radius 3 is 2.56 bits per heavy atom. The van der Waals surface area contributed by atoms with Gasteiger partial charge in [-0.25, -0.2) is 4.39 Å². The van der Waals surface area contributed by atoms with Crippen molar-refractivity contribution in [3.05, 3.63) is 53.8 Å². The summed E-state index contributed by atoms with van der Waals surface area (Å²) in [6, 6.07) is 11.9. The van der Waals surface area contributed by atoms with Gasteiger partial charge in [0.05, 0.1) is 12.3 Å². The van der Waals surface area contributed by atoms with E-state index in [0.717, 1.165) is 30.0 Å². The number of hydrogen-bond acceptors (Lipinski definition) is 3. The van der Waals surface area contributed by atoms with Crippen LogP contribution in [0.5, 0.6) is 5.75 Å². The van der Waals surface area contributed by atoms with Crippen molar-refractivity contribution in [3.8, 4) is 5.75 Å². The van der Waals surface area contributed by atoms with Crippen LogP contribution < -0.4 is 9.64 Å². The maximum Gasteiger partial charge on any atom is 0.231 e. The summed E-state index contributed by atoms with van der Waals surface area (Å²) in [6.45, 7) is 4.23. The van der Waals surface area contributed by atoms with Gasteiger partial charge in [-0.05, 0) is 86.8 Å². The molecular formula is C22H25FN2O2. The monoisotopic (exact) mass is 368 g/mol. The van der Waals surface area contributed by atoms with Crippen molar-refractivity contribution >= 4 is 17.3 Å². The largest absolute Gasteiger partial charge is 0.494 e. The Bertz CT molecular complexity index is 800. The maximum absolute atomic E-state index is 13.2. The highest BCUT2D eigenvalue weighted by molar-refractivity contribution is 6.03. The van der Waals surface area contributed by atoms with Gasteiger partial charge in [0, 0.05) is 18.7 Å². The van der Waals surface area contributed by atoms with E-state index in [0.29, 0.717) is 25.1 Å². The van der Waals surface area contributed by atoms with Gasteiger partial charge < -0.3 is 9.64 Å². The predicted octanol–water partition coefficient (Wildman–Crippen LogP) is 4.30. The summed E-state index contributed by atoms with van der Waals surface area (Å²) in [4.78, 5) is 16.6. The normalized spacial score (nSPS) is 17.2. The molecule has 0 bridgehead atoms. The maximum atomic E-state index is 13.2. The molecule has 4 rings (SSSR count). The second kappa shape index (κ2) is 8.09. The number of anilines is 2. The lowest BCUT2D eigenvalue weighted by Crippen LogP contribution is -2.30. The first kappa shape index (κ1) is 18.0. The van der Waals surface area contributed by atoms with Crippen molar-refractivity contribution in [2.75, 3.05) is 31.1 Å². The molecule has 0 saturated carbocycles. The predicted molar refractivity (Wildman–Crippen MR) is 104 cm³/mol. The fraction of sp³-hybridized carbons (Fsp3) is 0.409. The van der Waals surface area contributed by atoms with Crippen LogP contribution in [-0.4, -0.2) is 37.0 Å². The molecule has 0 radical (unpaired) electrons. The Morgan fingerprint density at radius 2 is 1.78 bits per heavy atom. The molecule has 1 amide bonds. The fourth-order valence-corrected chi connectivity index (χ4v) is 3.92. The molecule has 2 aliphatic heterocycles. The highest BCUT2D eigenvalue weighted by atomic mass is 19.1. The van der Waals surface area contributed by atoms with Crippen LogP contribution in [0.2, 0.25) is 0 Å². The molecule has 2 aromatic rings. The van der Waals surface area contributed by atoms with E-state index in [1.165, 1.54) is 38.1 Å². The van der Waals surface area contributed by atoms with Crippen molar-refractivity contribution in [1.82, 2.24) is 4.90 Å². The molecule has 4 nitrogen and oxygen atoms in total. The second-order valence-corrected chi connectivity index (χ2v) is 7.25. The van der Waals surface area contributed by atoms with E-state index in [4.69, 9.17) is 4.74 Å². The van der Waals surface area contributed by atoms with Gasteiger partial charge in [-0.3, -0.25) is 9.69 Å². The Hall–Kier alpha value is -2.40. The smallest absolute Gasteiger partial charge is 0.231 e. The molecule has 142 valence electrons. The third-order valence-electron chi connectivity index (χ3n) is 5.32. The van der Waals surface area contributed by atoms with Crippen LogP contribution in [0.4, 0.5) is 15.8 Å². The Balaban J connectivity index is 1.43. The van der Waals surface area contributed by atoms with E-state index in [1.54, 1.807) is 17.0 Å². The molecule has 0 N–H and O–H groups in total. The minimum atomic E-state index is -0.305. The first-order valence-electron chi connectivity index (χ1n) is 9.77. The Kier molecular flexibility index (Phi) is 5.39. The Labute approximate surface area is 159 Å². The number of ether oxygens (including phenoxy) is 1. The molecule has 0 unspecified atom stereocenters. The fourth-order valence-electron chi connectivity index (χ4n) is 3.92. The van der Waals surface area contributed by atoms with Crippen molar-refractivity contribution in [1.29, 1.82) is 0 Å². The molecule has 2 heterocycles. The first-order valence-corrected chi connectivity index (χ1v) is 9.77. The summed E-state index contributed by atoms with van der Waals surface area (Å²) in [6.07, 6.45) is 4.81. The second-order valence-electron chi connectivity index (χ2n) is 7.25. The van der Waals surface area contributed by atoms with Gasteiger partial charge in [0.25, 0.3) is 0 Å². The number of aryl methyl sites for hydroxylation is 1. The van der Waals surface area contributed by atoms with E-state index >= 15 is 0 Å². The third kappa shape index (κ3) is 4.14. The lowest BCUT2D eigenvalue weighted by atomic mass is 10.00. The van der Waals surface area contributed by atoms with E-state index in [1.807, 2.05) is 18.2 Å². The van der Waals surface area contributed by atoms with Crippen LogP contribution in [0.1, 0.15) is 31.2 Å². The minimum Gasteiger partial charge on any atom is -0.494 e. The minimum absolute atomic E-state index is 0.0355. The molecule has 5 heteroatoms. The molecule has 0 aliphatic carbocycles. The van der Waals surface area contributed by atoms with E-state index in [2.05, 4.69) is 4.90 Å². The summed E-state index contributed by atoms with van der Waals surface area (Å²) in [5.74, 6) is 0.582. The number of nitrogens with zero attached hydrogens (tertiary/aromatic N) is 2. The number of hydrogen-bond donors (Lipinski definition) is 0. The highest BCUT2D eigenvalue weighted by Crippen LogP contribution is 2.36. The van der Waals surface area contributed by atoms with Gasteiger partial charge in [0.15, 0.2) is 0 Å². The average Bonchev–Trinajstić information content (AvgIpc) is 3.20. The van der Waals surface area contributed by atoms with Gasteiger partial charge in [-0.15, -0.1) is 0 Å². The third-order valence-corrected chi connectivity index (χ3v) is 5.32. The number of likely N-dealkylation sites (tertiary alicyclic amines) is 1. The van der Waals surface area contributed by atoms with Crippen LogP contribution in [0, 0.1) is 5.82 Å². The standard InChI is InChI=1S/C22H25FN2O2/c23-18-5-7-19(8-6-18)25-21-10-9-20(16-17(21)4-11-22(25)26)27-15-3-14-24-12-1-2-13-24/h5-10,16H,1-4,11-15H2. The number of rotatable bonds is 6. The van der Waals surface area contributed by atoms with Gasteiger partial charge in [0.1, 0.15) is 11.6 Å². The number of fused-ring (bicyclic) bond motifs is 1. The zero-order valence-electron chi connectivity index (χ0n) is 15.5. The number of carbonyl (C=O) groups excluding carboxylic acids is 1. The van der Waals surface area contributed by atoms with Gasteiger partial charge in [0.2, 0.25) is 5.91 Å². The van der Waals surface area contributed by atoms with E-state index < -0.39 is 0 Å². The molecule has 0 atom stereocenters. The molecule has 0 spiro atoms. The number of halogens is 1. The van der Waals surface area contributed by atoms with E-state index in [9.17, 15) is 9.18 Å². The SMILES string of the molecule is O=C1CCc2cc(OCCCN3CCCC3)ccc2N1c1ccc(F)cc1.